The predicted molar refractivity (Wildman–Crippen MR) is 115 cm³/mol. The van der Waals surface area contributed by atoms with Crippen LogP contribution in [0.2, 0.25) is 0 Å². The first kappa shape index (κ1) is 19.3. The molecule has 4 rings (SSSR count). The Labute approximate surface area is 170 Å². The second-order valence-corrected chi connectivity index (χ2v) is 9.30. The van der Waals surface area contributed by atoms with E-state index in [1.54, 1.807) is 13.2 Å². The van der Waals surface area contributed by atoms with E-state index in [0.717, 1.165) is 46.3 Å². The summed E-state index contributed by atoms with van der Waals surface area (Å²) in [7, 11) is -1.69. The lowest BCUT2D eigenvalue weighted by molar-refractivity contribution is 0.415. The molecule has 7 heteroatoms. The van der Waals surface area contributed by atoms with Crippen LogP contribution in [0.25, 0.3) is 22.2 Å². The molecule has 1 saturated carbocycles. The number of hydrogen-bond donors (Lipinski definition) is 1. The number of sulfonamides is 1. The summed E-state index contributed by atoms with van der Waals surface area (Å²) in [6, 6.07) is 13.6. The first-order valence-corrected chi connectivity index (χ1v) is 11.2. The van der Waals surface area contributed by atoms with Crippen molar-refractivity contribution >= 4 is 26.6 Å². The summed E-state index contributed by atoms with van der Waals surface area (Å²) in [5.74, 6) is 0.738. The number of methoxy groups -OCH3 is 1. The highest BCUT2D eigenvalue weighted by Gasteiger charge is 2.36. The maximum absolute atomic E-state index is 12.3. The number of aromatic nitrogens is 1. The molecule has 0 unspecified atom stereocenters. The van der Waals surface area contributed by atoms with Gasteiger partial charge in [-0.15, -0.1) is 0 Å². The van der Waals surface area contributed by atoms with Gasteiger partial charge in [0.1, 0.15) is 11.8 Å². The highest BCUT2D eigenvalue weighted by molar-refractivity contribution is 7.93. The van der Waals surface area contributed by atoms with Crippen LogP contribution in [0, 0.1) is 18.3 Å². The third-order valence-corrected chi connectivity index (χ3v) is 7.27. The van der Waals surface area contributed by atoms with E-state index in [2.05, 4.69) is 15.4 Å². The smallest absolute Gasteiger partial charge is 0.235 e. The van der Waals surface area contributed by atoms with Gasteiger partial charge in [-0.3, -0.25) is 4.72 Å². The van der Waals surface area contributed by atoms with Gasteiger partial charge in [-0.05, 0) is 62.1 Å². The number of nitrogens with one attached hydrogen (secondary N) is 1. The predicted octanol–water partition coefficient (Wildman–Crippen LogP) is 4.42. The third-order valence-electron chi connectivity index (χ3n) is 5.42. The average molecular weight is 410 g/mol. The number of hydrogen-bond acceptors (Lipinski definition) is 4. The van der Waals surface area contributed by atoms with Crippen LogP contribution >= 0.6 is 0 Å². The third kappa shape index (κ3) is 3.34. The number of ether oxygens (including phenoxy) is 1. The number of rotatable bonds is 6. The molecule has 29 heavy (non-hydrogen) atoms. The van der Waals surface area contributed by atoms with E-state index in [1.807, 2.05) is 44.2 Å². The zero-order valence-electron chi connectivity index (χ0n) is 16.7. The molecule has 1 heterocycles. The highest BCUT2D eigenvalue weighted by atomic mass is 32.2. The molecule has 1 N–H and O–H groups in total. The van der Waals surface area contributed by atoms with Crippen molar-refractivity contribution in [2.75, 3.05) is 11.8 Å². The van der Waals surface area contributed by atoms with Crippen LogP contribution in [0.3, 0.4) is 0 Å². The Morgan fingerprint density at radius 2 is 2.00 bits per heavy atom. The number of nitriles is 1. The molecule has 0 aliphatic heterocycles. The van der Waals surface area contributed by atoms with Crippen molar-refractivity contribution in [2.45, 2.75) is 38.5 Å². The average Bonchev–Trinajstić information content (AvgIpc) is 3.52. The Morgan fingerprint density at radius 1 is 1.24 bits per heavy atom. The van der Waals surface area contributed by atoms with Crippen LogP contribution in [0.4, 0.5) is 5.69 Å². The Hall–Kier alpha value is -2.98. The number of anilines is 1. The van der Waals surface area contributed by atoms with Gasteiger partial charge >= 0.3 is 0 Å². The first-order valence-electron chi connectivity index (χ1n) is 9.62. The quantitative estimate of drug-likeness (QED) is 0.653. The topological polar surface area (TPSA) is 84.1 Å². The minimum absolute atomic E-state index is 0.274. The molecular formula is C22H23N3O3S. The van der Waals surface area contributed by atoms with Gasteiger partial charge in [0.15, 0.2) is 0 Å². The molecule has 1 aliphatic rings. The monoisotopic (exact) mass is 409 g/mol. The molecule has 0 bridgehead atoms. The summed E-state index contributed by atoms with van der Waals surface area (Å²) in [5.41, 5.74) is 4.66. The Kier molecular flexibility index (Phi) is 4.75. The van der Waals surface area contributed by atoms with Crippen LogP contribution in [-0.2, 0) is 16.6 Å². The van der Waals surface area contributed by atoms with Crippen molar-refractivity contribution in [3.63, 3.8) is 0 Å². The summed E-state index contributed by atoms with van der Waals surface area (Å²) >= 11 is 0. The van der Waals surface area contributed by atoms with Gasteiger partial charge in [0, 0.05) is 18.0 Å². The molecule has 0 atom stereocenters. The minimum atomic E-state index is -3.32. The Balaban J connectivity index is 1.84. The molecule has 2 aromatic carbocycles. The molecule has 0 spiro atoms. The minimum Gasteiger partial charge on any atom is -0.497 e. The molecule has 0 saturated heterocycles. The van der Waals surface area contributed by atoms with Gasteiger partial charge in [0.05, 0.1) is 34.8 Å². The van der Waals surface area contributed by atoms with Crippen molar-refractivity contribution in [3.05, 3.63) is 47.5 Å². The second-order valence-electron chi connectivity index (χ2n) is 7.34. The normalized spacial score (nSPS) is 14.0. The van der Waals surface area contributed by atoms with Crippen molar-refractivity contribution in [1.82, 2.24) is 4.57 Å². The van der Waals surface area contributed by atoms with Gasteiger partial charge in [-0.25, -0.2) is 8.42 Å². The van der Waals surface area contributed by atoms with E-state index in [0.29, 0.717) is 17.8 Å². The Bertz CT molecular complexity index is 1250. The van der Waals surface area contributed by atoms with E-state index in [-0.39, 0.29) is 5.25 Å². The maximum Gasteiger partial charge on any atom is 0.235 e. The first-order chi connectivity index (χ1) is 13.9. The van der Waals surface area contributed by atoms with Crippen molar-refractivity contribution in [1.29, 1.82) is 5.26 Å². The van der Waals surface area contributed by atoms with Crippen molar-refractivity contribution < 1.29 is 13.2 Å². The van der Waals surface area contributed by atoms with Gasteiger partial charge in [-0.1, -0.05) is 6.07 Å². The SMILES string of the molecule is CCn1c(-c2ccc(NS(=O)(=O)C3CC3)c(C)c2)c(C#N)c2ccc(OC)cc21. The summed E-state index contributed by atoms with van der Waals surface area (Å²) in [6.07, 6.45) is 1.44. The summed E-state index contributed by atoms with van der Waals surface area (Å²) < 4.78 is 34.7. The van der Waals surface area contributed by atoms with E-state index in [9.17, 15) is 13.7 Å². The van der Waals surface area contributed by atoms with Crippen LogP contribution < -0.4 is 9.46 Å². The van der Waals surface area contributed by atoms with E-state index >= 15 is 0 Å². The summed E-state index contributed by atoms with van der Waals surface area (Å²) in [6.45, 7) is 4.60. The number of nitrogens with zero attached hydrogens (tertiary/aromatic N) is 2. The lowest BCUT2D eigenvalue weighted by atomic mass is 10.0. The van der Waals surface area contributed by atoms with Crippen molar-refractivity contribution in [2.24, 2.45) is 0 Å². The molecule has 3 aromatic rings. The standard InChI is InChI=1S/C22H23N3O3S/c1-4-25-21-12-16(28-3)6-9-18(21)19(13-23)22(25)15-5-10-20(14(2)11-15)24-29(26,27)17-7-8-17/h5-6,9-12,17,24H,4,7-8H2,1-3H3. The fourth-order valence-corrected chi connectivity index (χ4v) is 5.20. The lowest BCUT2D eigenvalue weighted by Crippen LogP contribution is -2.17. The highest BCUT2D eigenvalue weighted by Crippen LogP contribution is 2.37. The van der Waals surface area contributed by atoms with Crippen LogP contribution in [-0.4, -0.2) is 25.3 Å². The zero-order valence-corrected chi connectivity index (χ0v) is 17.5. The lowest BCUT2D eigenvalue weighted by Gasteiger charge is -2.13. The molecular weight excluding hydrogens is 386 g/mol. The largest absolute Gasteiger partial charge is 0.497 e. The number of fused-ring (bicyclic) bond motifs is 1. The van der Waals surface area contributed by atoms with E-state index in [4.69, 9.17) is 4.74 Å². The molecule has 1 aromatic heterocycles. The van der Waals surface area contributed by atoms with Crippen LogP contribution in [0.1, 0.15) is 30.9 Å². The molecule has 0 radical (unpaired) electrons. The van der Waals surface area contributed by atoms with E-state index in [1.165, 1.54) is 0 Å². The molecule has 6 nitrogen and oxygen atoms in total. The fraction of sp³-hybridized carbons (Fsp3) is 0.318. The molecule has 1 aliphatic carbocycles. The van der Waals surface area contributed by atoms with E-state index < -0.39 is 10.0 Å². The summed E-state index contributed by atoms with van der Waals surface area (Å²) in [4.78, 5) is 0. The number of benzene rings is 2. The van der Waals surface area contributed by atoms with Crippen molar-refractivity contribution in [3.8, 4) is 23.1 Å². The molecule has 0 amide bonds. The van der Waals surface area contributed by atoms with Gasteiger partial charge in [0.2, 0.25) is 10.0 Å². The fourth-order valence-electron chi connectivity index (χ4n) is 3.74. The maximum atomic E-state index is 12.3. The van der Waals surface area contributed by atoms with Gasteiger partial charge in [0.25, 0.3) is 0 Å². The zero-order chi connectivity index (χ0) is 20.8. The summed E-state index contributed by atoms with van der Waals surface area (Å²) in [5, 5.41) is 10.5. The molecule has 1 fully saturated rings. The van der Waals surface area contributed by atoms with Gasteiger partial charge in [-0.2, -0.15) is 5.26 Å². The second kappa shape index (κ2) is 7.12. The Morgan fingerprint density at radius 3 is 2.59 bits per heavy atom. The van der Waals surface area contributed by atoms with Crippen LogP contribution in [0.15, 0.2) is 36.4 Å². The van der Waals surface area contributed by atoms with Crippen LogP contribution in [0.5, 0.6) is 5.75 Å². The molecule has 150 valence electrons. The number of aryl methyl sites for hydroxylation is 2. The van der Waals surface area contributed by atoms with Gasteiger partial charge < -0.3 is 9.30 Å².